The fourth-order valence-corrected chi connectivity index (χ4v) is 21.8. The maximum absolute atomic E-state index is 9.11. The van der Waals surface area contributed by atoms with E-state index < -0.39 is 11.5 Å². The van der Waals surface area contributed by atoms with Crippen molar-refractivity contribution in [1.82, 2.24) is 0 Å². The van der Waals surface area contributed by atoms with Gasteiger partial charge in [0.05, 0.1) is 9.99 Å². The average Bonchev–Trinajstić information content (AvgIpc) is 3.52. The van der Waals surface area contributed by atoms with Crippen LogP contribution in [0.4, 0.5) is 11.4 Å². The van der Waals surface area contributed by atoms with Gasteiger partial charge in [0.15, 0.2) is 0 Å². The third-order valence-corrected chi connectivity index (χ3v) is 21.7. The monoisotopic (exact) mass is 770 g/mol. The zero-order chi connectivity index (χ0) is 37.5. The molecule has 3 aromatic carbocycles. The molecule has 0 amide bonds. The molecular weight excluding hydrogens is 706 g/mol. The van der Waals surface area contributed by atoms with E-state index in [4.69, 9.17) is 23.2 Å². The first kappa shape index (κ1) is 39.1. The second kappa shape index (κ2) is 16.2. The van der Waals surface area contributed by atoms with Crippen LogP contribution in [0.1, 0.15) is 129 Å². The van der Waals surface area contributed by atoms with Crippen LogP contribution in [0.15, 0.2) is 66.0 Å². The molecule has 1 aliphatic heterocycles. The zero-order valence-electron chi connectivity index (χ0n) is 33.8. The van der Waals surface area contributed by atoms with Crippen molar-refractivity contribution in [3.63, 3.8) is 0 Å². The van der Waals surface area contributed by atoms with Gasteiger partial charge in [0.2, 0.25) is 0 Å². The van der Waals surface area contributed by atoms with Crippen molar-refractivity contribution in [3.8, 4) is 0 Å². The summed E-state index contributed by atoms with van der Waals surface area (Å²) in [5.41, 5.74) is 14.8. The molecule has 5 heteroatoms. The van der Waals surface area contributed by atoms with E-state index in [0.29, 0.717) is 11.3 Å². The van der Waals surface area contributed by atoms with Crippen LogP contribution in [0.2, 0.25) is 0 Å². The van der Waals surface area contributed by atoms with Gasteiger partial charge in [-0.25, -0.2) is 0 Å². The van der Waals surface area contributed by atoms with E-state index in [-0.39, 0.29) is 5.38 Å². The van der Waals surface area contributed by atoms with Crippen molar-refractivity contribution < 1.29 is 0 Å². The molecule has 2 nitrogen and oxygen atoms in total. The SMILES string of the molecule is CC(Cc1ccccc1)=P(C1CCCCC1)(C1CCCCC1)C1(Cl)CCCC(Cl)C1=C1N(c2c(C)cc(C)cc2C)CCN1c1c(C)cc(C)cc1C. The Morgan fingerprint density at radius 3 is 1.57 bits per heavy atom. The highest BCUT2D eigenvalue weighted by atomic mass is 35.5. The van der Waals surface area contributed by atoms with Gasteiger partial charge in [-0.3, -0.25) is 0 Å². The van der Waals surface area contributed by atoms with Gasteiger partial charge in [0, 0.05) is 30.0 Å². The quantitative estimate of drug-likeness (QED) is 0.174. The highest BCUT2D eigenvalue weighted by Crippen LogP contribution is 2.79. The lowest BCUT2D eigenvalue weighted by Crippen LogP contribution is -2.46. The molecule has 4 aliphatic rings. The summed E-state index contributed by atoms with van der Waals surface area (Å²) in [5, 5.41) is 1.62. The van der Waals surface area contributed by atoms with Crippen molar-refractivity contribution in [3.05, 3.63) is 105 Å². The zero-order valence-corrected chi connectivity index (χ0v) is 36.2. The number of allylic oxidation sites excluding steroid dienone is 1. The van der Waals surface area contributed by atoms with Gasteiger partial charge in [-0.1, -0.05) is 116 Å². The molecule has 0 radical (unpaired) electrons. The summed E-state index contributed by atoms with van der Waals surface area (Å²) in [4.78, 5) is 5.39. The first-order valence-electron chi connectivity index (χ1n) is 21.0. The minimum Gasteiger partial charge on any atom is -0.325 e. The summed E-state index contributed by atoms with van der Waals surface area (Å²) in [6.45, 7) is 16.1. The molecule has 286 valence electrons. The molecule has 0 aromatic heterocycles. The number of alkyl halides is 2. The first-order chi connectivity index (χ1) is 25.5. The second-order valence-corrected chi connectivity index (χ2v) is 23.4. The standard InChI is InChI=1S/C48H65Cl2N2P/c1-33-28-35(3)45(36(4)29-33)51-26-27-52(46-37(5)30-34(2)31-38(46)6)47(51)44-43(49)24-17-25-48(44,50)53(41-20-13-9-14-21-41,42-22-15-10-16-23-42)39(7)32-40-18-11-8-12-19-40/h8,11-12,18-19,28-31,41-43H,9-10,13-17,20-27,32H2,1-7H3. The fourth-order valence-electron chi connectivity index (χ4n) is 12.0. The molecule has 0 bridgehead atoms. The number of halogens is 2. The molecule has 2 unspecified atom stereocenters. The van der Waals surface area contributed by atoms with Gasteiger partial charge in [-0.05, 0) is 139 Å². The largest absolute Gasteiger partial charge is 0.325 e. The van der Waals surface area contributed by atoms with Gasteiger partial charge in [0.1, 0.15) is 5.82 Å². The molecule has 0 N–H and O–H groups in total. The van der Waals surface area contributed by atoms with Gasteiger partial charge < -0.3 is 9.80 Å². The van der Waals surface area contributed by atoms with Crippen LogP contribution in [0.3, 0.4) is 0 Å². The summed E-state index contributed by atoms with van der Waals surface area (Å²) in [5.74, 6) is 1.31. The van der Waals surface area contributed by atoms with Crippen LogP contribution >= 0.6 is 30.1 Å². The fraction of sp³-hybridized carbons (Fsp3) is 0.562. The normalized spacial score (nSPS) is 23.6. The maximum Gasteiger partial charge on any atom is 0.116 e. The summed E-state index contributed by atoms with van der Waals surface area (Å²) in [6.07, 6.45) is 17.5. The average molecular weight is 772 g/mol. The Hall–Kier alpha value is -2.12. The second-order valence-electron chi connectivity index (χ2n) is 17.4. The van der Waals surface area contributed by atoms with E-state index in [2.05, 4.69) is 113 Å². The molecule has 2 atom stereocenters. The van der Waals surface area contributed by atoms with E-state index in [1.54, 1.807) is 5.29 Å². The number of rotatable bonds is 7. The molecule has 3 aliphatic carbocycles. The van der Waals surface area contributed by atoms with Crippen molar-refractivity contribution >= 4 is 46.8 Å². The van der Waals surface area contributed by atoms with E-state index in [1.165, 1.54) is 126 Å². The van der Waals surface area contributed by atoms with E-state index in [9.17, 15) is 0 Å². The summed E-state index contributed by atoms with van der Waals surface area (Å²) >= 11 is 17.1. The number of hydrogen-bond acceptors (Lipinski definition) is 2. The molecule has 0 spiro atoms. The number of nitrogens with zero attached hydrogens (tertiary/aromatic N) is 2. The van der Waals surface area contributed by atoms with Crippen molar-refractivity contribution in [1.29, 1.82) is 0 Å². The van der Waals surface area contributed by atoms with Crippen molar-refractivity contribution in [2.45, 2.75) is 160 Å². The third-order valence-electron chi connectivity index (χ3n) is 13.6. The summed E-state index contributed by atoms with van der Waals surface area (Å²) in [7, 11) is 0. The number of aryl methyl sites for hydroxylation is 6. The topological polar surface area (TPSA) is 6.48 Å². The lowest BCUT2D eigenvalue weighted by atomic mass is 9.91. The molecule has 1 saturated heterocycles. The number of hydrogen-bond donors (Lipinski definition) is 0. The molecule has 7 rings (SSSR count). The first-order valence-corrected chi connectivity index (χ1v) is 23.7. The van der Waals surface area contributed by atoms with Crippen LogP contribution in [0, 0.1) is 41.5 Å². The molecule has 4 fully saturated rings. The smallest absolute Gasteiger partial charge is 0.116 e. The Bertz CT molecular complexity index is 1750. The van der Waals surface area contributed by atoms with E-state index in [0.717, 1.165) is 38.8 Å². The van der Waals surface area contributed by atoms with E-state index in [1.807, 2.05) is 0 Å². The highest BCUT2D eigenvalue weighted by Gasteiger charge is 2.58. The van der Waals surface area contributed by atoms with Gasteiger partial charge in [-0.2, -0.15) is 0 Å². The Kier molecular flexibility index (Phi) is 11.9. The third kappa shape index (κ3) is 7.10. The number of benzene rings is 3. The van der Waals surface area contributed by atoms with Crippen LogP contribution < -0.4 is 9.80 Å². The lowest BCUT2D eigenvalue weighted by molar-refractivity contribution is 0.469. The van der Waals surface area contributed by atoms with Crippen LogP contribution in [0.5, 0.6) is 0 Å². The Labute approximate surface area is 332 Å². The van der Waals surface area contributed by atoms with Gasteiger partial charge >= 0.3 is 0 Å². The van der Waals surface area contributed by atoms with Crippen molar-refractivity contribution in [2.24, 2.45) is 0 Å². The molecule has 3 saturated carbocycles. The minimum absolute atomic E-state index is 0.104. The summed E-state index contributed by atoms with van der Waals surface area (Å²) < 4.78 is -0.490. The van der Waals surface area contributed by atoms with E-state index >= 15 is 0 Å². The van der Waals surface area contributed by atoms with Crippen LogP contribution in [0.25, 0.3) is 0 Å². The maximum atomic E-state index is 9.11. The molecule has 53 heavy (non-hydrogen) atoms. The molecular formula is C48H65Cl2N2P. The van der Waals surface area contributed by atoms with Crippen LogP contribution in [-0.4, -0.2) is 39.7 Å². The lowest BCUT2D eigenvalue weighted by Gasteiger charge is -2.58. The van der Waals surface area contributed by atoms with Gasteiger partial charge in [-0.15, -0.1) is 23.2 Å². The van der Waals surface area contributed by atoms with Crippen molar-refractivity contribution in [2.75, 3.05) is 22.9 Å². The predicted molar refractivity (Wildman–Crippen MR) is 237 cm³/mol. The number of anilines is 2. The minimum atomic E-state index is -2.05. The molecule has 3 aromatic rings. The van der Waals surface area contributed by atoms with Gasteiger partial charge in [0.25, 0.3) is 0 Å². The summed E-state index contributed by atoms with van der Waals surface area (Å²) in [6, 6.07) is 20.9. The Morgan fingerprint density at radius 1 is 0.660 bits per heavy atom. The highest BCUT2D eigenvalue weighted by molar-refractivity contribution is 7.80. The Balaban J connectivity index is 1.59. The molecule has 1 heterocycles. The van der Waals surface area contributed by atoms with Crippen LogP contribution in [-0.2, 0) is 6.42 Å². The predicted octanol–water partition coefficient (Wildman–Crippen LogP) is 13.9. The Morgan fingerprint density at radius 2 is 1.11 bits per heavy atom.